The molecular formula is C17H25N3. The second kappa shape index (κ2) is 7.25. The monoisotopic (exact) mass is 271 g/mol. The molecule has 1 N–H and O–H groups in total. The lowest BCUT2D eigenvalue weighted by Gasteiger charge is -2.15. The van der Waals surface area contributed by atoms with E-state index < -0.39 is 0 Å². The molecule has 2 aromatic rings. The highest BCUT2D eigenvalue weighted by molar-refractivity contribution is 5.34. The molecule has 1 aromatic heterocycles. The Morgan fingerprint density at radius 1 is 1.10 bits per heavy atom. The highest BCUT2D eigenvalue weighted by Crippen LogP contribution is 2.10. The van der Waals surface area contributed by atoms with Gasteiger partial charge in [-0.2, -0.15) is 0 Å². The van der Waals surface area contributed by atoms with Gasteiger partial charge in [-0.3, -0.25) is 0 Å². The van der Waals surface area contributed by atoms with Gasteiger partial charge in [-0.05, 0) is 43.4 Å². The average Bonchev–Trinajstić information content (AvgIpc) is 2.97. The van der Waals surface area contributed by atoms with Crippen molar-refractivity contribution in [3.8, 4) is 5.69 Å². The Morgan fingerprint density at radius 3 is 2.45 bits per heavy atom. The summed E-state index contributed by atoms with van der Waals surface area (Å²) in [4.78, 5) is 4.07. The van der Waals surface area contributed by atoms with Gasteiger partial charge in [-0.15, -0.1) is 0 Å². The van der Waals surface area contributed by atoms with Crippen LogP contribution >= 0.6 is 0 Å². The summed E-state index contributed by atoms with van der Waals surface area (Å²) in [6.45, 7) is 7.76. The van der Waals surface area contributed by atoms with Gasteiger partial charge in [0.25, 0.3) is 0 Å². The molecule has 1 atom stereocenters. The number of imidazole rings is 1. The van der Waals surface area contributed by atoms with Crippen LogP contribution in [-0.4, -0.2) is 15.6 Å². The van der Waals surface area contributed by atoms with Gasteiger partial charge in [0.05, 0.1) is 6.33 Å². The van der Waals surface area contributed by atoms with Gasteiger partial charge >= 0.3 is 0 Å². The fourth-order valence-corrected chi connectivity index (χ4v) is 2.18. The van der Waals surface area contributed by atoms with E-state index in [1.165, 1.54) is 18.4 Å². The molecule has 20 heavy (non-hydrogen) atoms. The topological polar surface area (TPSA) is 29.9 Å². The Bertz CT molecular complexity index is 485. The molecule has 0 radical (unpaired) electrons. The first-order valence-corrected chi connectivity index (χ1v) is 7.46. The lowest BCUT2D eigenvalue weighted by molar-refractivity contribution is 0.451. The van der Waals surface area contributed by atoms with Crippen molar-refractivity contribution in [1.29, 1.82) is 0 Å². The molecule has 0 saturated heterocycles. The van der Waals surface area contributed by atoms with Crippen molar-refractivity contribution in [1.82, 2.24) is 14.9 Å². The summed E-state index contributed by atoms with van der Waals surface area (Å²) >= 11 is 0. The van der Waals surface area contributed by atoms with Crippen molar-refractivity contribution in [3.63, 3.8) is 0 Å². The predicted molar refractivity (Wildman–Crippen MR) is 83.9 cm³/mol. The molecule has 0 bridgehead atoms. The number of nitrogens with zero attached hydrogens (tertiary/aromatic N) is 2. The van der Waals surface area contributed by atoms with E-state index in [9.17, 15) is 0 Å². The van der Waals surface area contributed by atoms with Crippen molar-refractivity contribution in [2.75, 3.05) is 0 Å². The van der Waals surface area contributed by atoms with Crippen LogP contribution < -0.4 is 5.32 Å². The third-order valence-corrected chi connectivity index (χ3v) is 3.57. The van der Waals surface area contributed by atoms with Crippen molar-refractivity contribution in [3.05, 3.63) is 48.5 Å². The molecule has 3 nitrogen and oxygen atoms in total. The van der Waals surface area contributed by atoms with Crippen LogP contribution in [0.25, 0.3) is 5.69 Å². The van der Waals surface area contributed by atoms with Crippen LogP contribution in [0.3, 0.4) is 0 Å². The Labute approximate surface area is 122 Å². The Hall–Kier alpha value is -1.61. The van der Waals surface area contributed by atoms with Gasteiger partial charge in [0, 0.05) is 30.7 Å². The average molecular weight is 271 g/mol. The fraction of sp³-hybridized carbons (Fsp3) is 0.471. The number of hydrogen-bond acceptors (Lipinski definition) is 2. The molecule has 0 aliphatic carbocycles. The standard InChI is InChI=1S/C17H25N3/c1-14(2)4-5-15(3)19-12-16-6-8-17(9-7-16)20-11-10-18-13-20/h6-11,13-15,19H,4-5,12H2,1-3H3. The molecule has 0 fully saturated rings. The maximum Gasteiger partial charge on any atom is 0.0991 e. The molecule has 1 unspecified atom stereocenters. The molecule has 0 spiro atoms. The molecule has 3 heteroatoms. The maximum absolute atomic E-state index is 4.07. The van der Waals surface area contributed by atoms with Crippen LogP contribution in [-0.2, 0) is 6.54 Å². The minimum Gasteiger partial charge on any atom is -0.310 e. The molecule has 0 saturated carbocycles. The molecule has 1 heterocycles. The second-order valence-corrected chi connectivity index (χ2v) is 5.89. The Balaban J connectivity index is 1.82. The number of rotatable bonds is 7. The highest BCUT2D eigenvalue weighted by atomic mass is 15.0. The van der Waals surface area contributed by atoms with Crippen LogP contribution in [0.1, 0.15) is 39.2 Å². The molecular weight excluding hydrogens is 246 g/mol. The van der Waals surface area contributed by atoms with Gasteiger partial charge in [-0.1, -0.05) is 26.0 Å². The normalized spacial score (nSPS) is 12.8. The van der Waals surface area contributed by atoms with E-state index in [-0.39, 0.29) is 0 Å². The molecule has 0 aliphatic heterocycles. The van der Waals surface area contributed by atoms with E-state index >= 15 is 0 Å². The van der Waals surface area contributed by atoms with Gasteiger partial charge in [0.2, 0.25) is 0 Å². The van der Waals surface area contributed by atoms with E-state index in [0.29, 0.717) is 6.04 Å². The van der Waals surface area contributed by atoms with Crippen molar-refractivity contribution in [2.45, 2.75) is 46.2 Å². The molecule has 0 aliphatic rings. The zero-order valence-electron chi connectivity index (χ0n) is 12.7. The summed E-state index contributed by atoms with van der Waals surface area (Å²) in [5.74, 6) is 0.786. The van der Waals surface area contributed by atoms with Crippen LogP contribution in [0, 0.1) is 5.92 Å². The summed E-state index contributed by atoms with van der Waals surface area (Å²) in [5, 5.41) is 3.59. The SMILES string of the molecule is CC(C)CCC(C)NCc1ccc(-n2ccnc2)cc1. The van der Waals surface area contributed by atoms with Crippen molar-refractivity contribution < 1.29 is 0 Å². The largest absolute Gasteiger partial charge is 0.310 e. The number of nitrogens with one attached hydrogen (secondary N) is 1. The predicted octanol–water partition coefficient (Wildman–Crippen LogP) is 3.79. The third-order valence-electron chi connectivity index (χ3n) is 3.57. The first-order valence-electron chi connectivity index (χ1n) is 7.46. The fourth-order valence-electron chi connectivity index (χ4n) is 2.18. The maximum atomic E-state index is 4.07. The van der Waals surface area contributed by atoms with E-state index in [2.05, 4.69) is 55.3 Å². The minimum absolute atomic E-state index is 0.575. The van der Waals surface area contributed by atoms with Gasteiger partial charge in [0.1, 0.15) is 0 Å². The molecule has 0 amide bonds. The first-order chi connectivity index (χ1) is 9.65. The van der Waals surface area contributed by atoms with E-state index in [0.717, 1.165) is 18.2 Å². The zero-order valence-corrected chi connectivity index (χ0v) is 12.7. The highest BCUT2D eigenvalue weighted by Gasteiger charge is 2.03. The van der Waals surface area contributed by atoms with Crippen LogP contribution in [0.2, 0.25) is 0 Å². The first kappa shape index (κ1) is 14.8. The quantitative estimate of drug-likeness (QED) is 0.830. The summed E-state index contributed by atoms with van der Waals surface area (Å²) in [7, 11) is 0. The summed E-state index contributed by atoms with van der Waals surface area (Å²) < 4.78 is 2.02. The minimum atomic E-state index is 0.575. The number of hydrogen-bond donors (Lipinski definition) is 1. The van der Waals surface area contributed by atoms with Crippen LogP contribution in [0.15, 0.2) is 43.0 Å². The van der Waals surface area contributed by atoms with Crippen LogP contribution in [0.5, 0.6) is 0 Å². The lowest BCUT2D eigenvalue weighted by Crippen LogP contribution is -2.25. The van der Waals surface area contributed by atoms with Gasteiger partial charge < -0.3 is 9.88 Å². The number of aromatic nitrogens is 2. The molecule has 2 rings (SSSR count). The summed E-state index contributed by atoms with van der Waals surface area (Å²) in [6.07, 6.45) is 8.10. The zero-order chi connectivity index (χ0) is 14.4. The van der Waals surface area contributed by atoms with Crippen LogP contribution in [0.4, 0.5) is 0 Å². The summed E-state index contributed by atoms with van der Waals surface area (Å²) in [5.41, 5.74) is 2.48. The smallest absolute Gasteiger partial charge is 0.0991 e. The summed E-state index contributed by atoms with van der Waals surface area (Å²) in [6, 6.07) is 9.20. The van der Waals surface area contributed by atoms with Gasteiger partial charge in [0.15, 0.2) is 0 Å². The van der Waals surface area contributed by atoms with Gasteiger partial charge in [-0.25, -0.2) is 4.98 Å². The van der Waals surface area contributed by atoms with E-state index in [1.807, 2.05) is 17.1 Å². The van der Waals surface area contributed by atoms with E-state index in [1.54, 1.807) is 6.20 Å². The molecule has 1 aromatic carbocycles. The Kier molecular flexibility index (Phi) is 5.36. The molecule has 108 valence electrons. The Morgan fingerprint density at radius 2 is 1.85 bits per heavy atom. The van der Waals surface area contributed by atoms with Crippen molar-refractivity contribution in [2.24, 2.45) is 5.92 Å². The number of benzene rings is 1. The third kappa shape index (κ3) is 4.49. The second-order valence-electron chi connectivity index (χ2n) is 5.89. The van der Waals surface area contributed by atoms with E-state index in [4.69, 9.17) is 0 Å². The van der Waals surface area contributed by atoms with Crippen molar-refractivity contribution >= 4 is 0 Å². The lowest BCUT2D eigenvalue weighted by atomic mass is 10.0.